The fraction of sp³-hybridized carbons (Fsp3) is 0.609. The zero-order valence-electron chi connectivity index (χ0n) is 19.1. The summed E-state index contributed by atoms with van der Waals surface area (Å²) in [5.74, 6) is 0.197. The summed E-state index contributed by atoms with van der Waals surface area (Å²) in [5.41, 5.74) is 3.96. The largest absolute Gasteiger partial charge is 0.437 e. The normalized spacial score (nSPS) is 18.5. The number of fused-ring (bicyclic) bond motifs is 1. The van der Waals surface area contributed by atoms with E-state index in [2.05, 4.69) is 70.2 Å². The lowest BCUT2D eigenvalue weighted by molar-refractivity contribution is 0.0927. The Morgan fingerprint density at radius 2 is 1.72 bits per heavy atom. The maximum atomic E-state index is 13.1. The predicted octanol–water partition coefficient (Wildman–Crippen LogP) is 5.28. The minimum Gasteiger partial charge on any atom is -0.437 e. The summed E-state index contributed by atoms with van der Waals surface area (Å²) in [4.78, 5) is 15.1. The first-order valence-corrected chi connectivity index (χ1v) is 13.4. The molecule has 1 saturated heterocycles. The Morgan fingerprint density at radius 1 is 1.10 bits per heavy atom. The Morgan fingerprint density at radius 3 is 2.24 bits per heavy atom. The molecule has 0 aliphatic carbocycles. The second-order valence-electron chi connectivity index (χ2n) is 9.79. The lowest BCUT2D eigenvalue weighted by atomic mass is 9.85. The highest BCUT2D eigenvalue weighted by Crippen LogP contribution is 2.44. The summed E-state index contributed by atoms with van der Waals surface area (Å²) in [6.07, 6.45) is 3.10. The average Bonchev–Trinajstić information content (AvgIpc) is 3.28. The third-order valence-corrected chi connectivity index (χ3v) is 14.1. The van der Waals surface area contributed by atoms with Gasteiger partial charge in [0.1, 0.15) is 0 Å². The van der Waals surface area contributed by atoms with Crippen molar-refractivity contribution in [2.24, 2.45) is 5.92 Å². The van der Waals surface area contributed by atoms with Gasteiger partial charge in [0, 0.05) is 17.0 Å². The number of hydrogen-bond acceptors (Lipinski definition) is 3. The van der Waals surface area contributed by atoms with Crippen molar-refractivity contribution in [2.45, 2.75) is 71.4 Å². The van der Waals surface area contributed by atoms with Gasteiger partial charge in [0.25, 0.3) is 0 Å². The SMILES string of the molecule is CB(O)N1CCC(C(=O)c2ccc3c(ccn3[Si](C(C)C)(C(C)C)C(C)C)c2)C1. The van der Waals surface area contributed by atoms with Gasteiger partial charge in [-0.15, -0.1) is 0 Å². The van der Waals surface area contributed by atoms with Crippen LogP contribution >= 0.6 is 0 Å². The molecule has 2 heterocycles. The summed E-state index contributed by atoms with van der Waals surface area (Å²) in [5, 5.41) is 11.0. The molecule has 1 aliphatic rings. The molecule has 6 heteroatoms. The number of Topliss-reactive ketones (excluding diaryl/α,β-unsaturated/α-hetero) is 1. The zero-order valence-corrected chi connectivity index (χ0v) is 20.1. The van der Waals surface area contributed by atoms with E-state index < -0.39 is 15.3 Å². The molecule has 158 valence electrons. The number of carbonyl (C=O) groups is 1. The molecule has 29 heavy (non-hydrogen) atoms. The van der Waals surface area contributed by atoms with E-state index in [0.29, 0.717) is 23.2 Å². The van der Waals surface area contributed by atoms with Crippen molar-refractivity contribution >= 4 is 32.0 Å². The van der Waals surface area contributed by atoms with E-state index in [-0.39, 0.29) is 11.7 Å². The third kappa shape index (κ3) is 3.75. The maximum absolute atomic E-state index is 13.1. The molecule has 0 saturated carbocycles. The Labute approximate surface area is 177 Å². The molecule has 0 amide bonds. The first-order valence-electron chi connectivity index (χ1n) is 11.2. The number of carbonyl (C=O) groups excluding carboxylic acids is 1. The Balaban J connectivity index is 1.97. The van der Waals surface area contributed by atoms with Crippen LogP contribution in [0.25, 0.3) is 10.9 Å². The van der Waals surface area contributed by atoms with E-state index in [9.17, 15) is 9.82 Å². The van der Waals surface area contributed by atoms with Crippen LogP contribution in [0.4, 0.5) is 0 Å². The van der Waals surface area contributed by atoms with Crippen LogP contribution in [-0.4, -0.2) is 48.2 Å². The second-order valence-corrected chi connectivity index (χ2v) is 15.5. The fourth-order valence-electron chi connectivity index (χ4n) is 6.04. The van der Waals surface area contributed by atoms with Crippen molar-refractivity contribution in [3.63, 3.8) is 0 Å². The molecule has 1 aromatic carbocycles. The van der Waals surface area contributed by atoms with E-state index in [1.807, 2.05) is 10.9 Å². The van der Waals surface area contributed by atoms with Crippen molar-refractivity contribution in [3.05, 3.63) is 36.0 Å². The quantitative estimate of drug-likeness (QED) is 0.497. The van der Waals surface area contributed by atoms with Crippen LogP contribution in [0.3, 0.4) is 0 Å². The molecule has 1 atom stereocenters. The molecule has 0 spiro atoms. The van der Waals surface area contributed by atoms with E-state index in [1.54, 1.807) is 6.82 Å². The van der Waals surface area contributed by atoms with Crippen LogP contribution in [0.5, 0.6) is 0 Å². The van der Waals surface area contributed by atoms with E-state index >= 15 is 0 Å². The topological polar surface area (TPSA) is 45.5 Å². The summed E-state index contributed by atoms with van der Waals surface area (Å²) in [6.45, 7) is 17.5. The van der Waals surface area contributed by atoms with Gasteiger partial charge in [0.15, 0.2) is 14.0 Å². The first-order chi connectivity index (χ1) is 13.6. The maximum Gasteiger partial charge on any atom is 0.376 e. The van der Waals surface area contributed by atoms with Crippen LogP contribution in [-0.2, 0) is 0 Å². The van der Waals surface area contributed by atoms with E-state index in [4.69, 9.17) is 0 Å². The lowest BCUT2D eigenvalue weighted by Crippen LogP contribution is -2.51. The molecular formula is C23H37BN2O2Si. The van der Waals surface area contributed by atoms with Crippen molar-refractivity contribution < 1.29 is 9.82 Å². The summed E-state index contributed by atoms with van der Waals surface area (Å²) in [7, 11) is -2.29. The average molecular weight is 412 g/mol. The number of benzene rings is 1. The van der Waals surface area contributed by atoms with Crippen molar-refractivity contribution in [1.82, 2.24) is 9.04 Å². The smallest absolute Gasteiger partial charge is 0.376 e. The van der Waals surface area contributed by atoms with Crippen LogP contribution in [0, 0.1) is 5.92 Å². The molecular weight excluding hydrogens is 375 g/mol. The number of ketones is 1. The number of nitrogens with zero attached hydrogens (tertiary/aromatic N) is 2. The lowest BCUT2D eigenvalue weighted by Gasteiger charge is -2.44. The summed E-state index contributed by atoms with van der Waals surface area (Å²) >= 11 is 0. The van der Waals surface area contributed by atoms with Crippen LogP contribution in [0.2, 0.25) is 23.4 Å². The van der Waals surface area contributed by atoms with Gasteiger partial charge in [-0.2, -0.15) is 0 Å². The minimum atomic E-state index is -1.81. The molecule has 2 aromatic rings. The highest BCUT2D eigenvalue weighted by atomic mass is 28.3. The molecule has 3 rings (SSSR count). The molecule has 1 fully saturated rings. The van der Waals surface area contributed by atoms with Gasteiger partial charge < -0.3 is 14.1 Å². The van der Waals surface area contributed by atoms with E-state index in [0.717, 1.165) is 18.5 Å². The van der Waals surface area contributed by atoms with Gasteiger partial charge in [-0.05, 0) is 78.8 Å². The van der Waals surface area contributed by atoms with Crippen LogP contribution in [0.15, 0.2) is 30.5 Å². The van der Waals surface area contributed by atoms with Crippen LogP contribution < -0.4 is 0 Å². The molecule has 0 radical (unpaired) electrons. The Hall–Kier alpha value is -1.37. The number of rotatable bonds is 7. The Kier molecular flexibility index (Phi) is 6.47. The molecule has 0 bridgehead atoms. The zero-order chi connectivity index (χ0) is 21.5. The van der Waals surface area contributed by atoms with Crippen molar-refractivity contribution in [2.75, 3.05) is 13.1 Å². The van der Waals surface area contributed by atoms with Gasteiger partial charge in [-0.1, -0.05) is 41.5 Å². The minimum absolute atomic E-state index is 0.0143. The van der Waals surface area contributed by atoms with Gasteiger partial charge in [-0.3, -0.25) is 4.79 Å². The van der Waals surface area contributed by atoms with Crippen LogP contribution in [0.1, 0.15) is 58.3 Å². The highest BCUT2D eigenvalue weighted by Gasteiger charge is 2.45. The van der Waals surface area contributed by atoms with Crippen molar-refractivity contribution in [3.8, 4) is 0 Å². The number of aromatic nitrogens is 1. The molecule has 1 N–H and O–H groups in total. The number of hydrogen-bond donors (Lipinski definition) is 1. The third-order valence-electron chi connectivity index (χ3n) is 7.29. The first kappa shape index (κ1) is 22.3. The second kappa shape index (κ2) is 8.40. The van der Waals surface area contributed by atoms with Gasteiger partial charge >= 0.3 is 7.05 Å². The summed E-state index contributed by atoms with van der Waals surface area (Å²) < 4.78 is 2.60. The highest BCUT2D eigenvalue weighted by molar-refractivity contribution is 6.82. The van der Waals surface area contributed by atoms with E-state index in [1.165, 1.54) is 10.9 Å². The Bertz CT molecular complexity index is 853. The molecule has 1 unspecified atom stereocenters. The molecule has 1 aliphatic heterocycles. The molecule has 1 aromatic heterocycles. The van der Waals surface area contributed by atoms with Gasteiger partial charge in [0.2, 0.25) is 0 Å². The molecule has 4 nitrogen and oxygen atoms in total. The monoisotopic (exact) mass is 412 g/mol. The van der Waals surface area contributed by atoms with Gasteiger partial charge in [-0.25, -0.2) is 0 Å². The van der Waals surface area contributed by atoms with Crippen molar-refractivity contribution in [1.29, 1.82) is 0 Å². The van der Waals surface area contributed by atoms with Gasteiger partial charge in [0.05, 0.1) is 0 Å². The predicted molar refractivity (Wildman–Crippen MR) is 126 cm³/mol. The standard InChI is InChI=1S/C23H37BN2O2Si/c1-16(2)29(17(3)4,18(5)6)26-13-11-19-14-20(8-9-22(19)26)23(27)21-10-12-25(15-21)24(7)28/h8-9,11,13-14,16-18,21,28H,10,12,15H2,1-7H3. The fourth-order valence-corrected chi connectivity index (χ4v) is 12.7. The summed E-state index contributed by atoms with van der Waals surface area (Å²) in [6, 6.07) is 8.46.